The second-order valence-electron chi connectivity index (χ2n) is 5.19. The summed E-state index contributed by atoms with van der Waals surface area (Å²) in [6.45, 7) is 2.27. The maximum Gasteiger partial charge on any atom is 0.146 e. The van der Waals surface area contributed by atoms with Crippen LogP contribution >= 0.6 is 0 Å². The molecule has 0 saturated carbocycles. The first-order valence-electron chi connectivity index (χ1n) is 6.96. The van der Waals surface area contributed by atoms with E-state index in [1.54, 1.807) is 6.07 Å². The first kappa shape index (κ1) is 14.3. The van der Waals surface area contributed by atoms with E-state index in [-0.39, 0.29) is 11.9 Å². The van der Waals surface area contributed by atoms with E-state index in [9.17, 15) is 4.39 Å². The molecule has 1 aliphatic rings. The minimum absolute atomic E-state index is 0.161. The lowest BCUT2D eigenvalue weighted by Crippen LogP contribution is -2.33. The fourth-order valence-corrected chi connectivity index (χ4v) is 2.53. The predicted octanol–water partition coefficient (Wildman–Crippen LogP) is 2.55. The van der Waals surface area contributed by atoms with E-state index in [1.807, 2.05) is 31.1 Å². The number of hydrogen-bond donors (Lipinski definition) is 1. The van der Waals surface area contributed by atoms with Crippen molar-refractivity contribution in [2.45, 2.75) is 31.9 Å². The number of anilines is 1. The third kappa shape index (κ3) is 3.91. The average molecular weight is 266 g/mol. The van der Waals surface area contributed by atoms with Gasteiger partial charge in [0.2, 0.25) is 0 Å². The second-order valence-corrected chi connectivity index (χ2v) is 5.19. The maximum atomic E-state index is 14.1. The van der Waals surface area contributed by atoms with Crippen molar-refractivity contribution < 1.29 is 9.13 Å². The van der Waals surface area contributed by atoms with Crippen LogP contribution in [0.1, 0.15) is 24.8 Å². The number of nitrogens with zero attached hydrogens (tertiary/aromatic N) is 1. The quantitative estimate of drug-likeness (QED) is 0.886. The van der Waals surface area contributed by atoms with Crippen LogP contribution in [0.3, 0.4) is 0 Å². The Morgan fingerprint density at radius 1 is 1.42 bits per heavy atom. The van der Waals surface area contributed by atoms with Gasteiger partial charge in [-0.05, 0) is 44.0 Å². The minimum Gasteiger partial charge on any atom is -0.376 e. The maximum absolute atomic E-state index is 14.1. The van der Waals surface area contributed by atoms with Gasteiger partial charge in [0.25, 0.3) is 0 Å². The van der Waals surface area contributed by atoms with Crippen LogP contribution in [0.5, 0.6) is 0 Å². The molecule has 1 fully saturated rings. The molecule has 106 valence electrons. The third-order valence-electron chi connectivity index (χ3n) is 3.56. The van der Waals surface area contributed by atoms with Crippen LogP contribution in [0.2, 0.25) is 0 Å². The Morgan fingerprint density at radius 3 is 2.89 bits per heavy atom. The number of likely N-dealkylation sites (N-methyl/N-ethyl adjacent to an activating group) is 1. The van der Waals surface area contributed by atoms with Crippen LogP contribution in [-0.2, 0) is 11.3 Å². The summed E-state index contributed by atoms with van der Waals surface area (Å²) < 4.78 is 19.8. The molecule has 1 atom stereocenters. The van der Waals surface area contributed by atoms with Gasteiger partial charge in [-0.2, -0.15) is 0 Å². The number of halogens is 1. The Balaban J connectivity index is 1.99. The van der Waals surface area contributed by atoms with Gasteiger partial charge in [0.05, 0.1) is 11.8 Å². The zero-order chi connectivity index (χ0) is 13.7. The van der Waals surface area contributed by atoms with E-state index in [1.165, 1.54) is 6.42 Å². The Kier molecular flexibility index (Phi) is 5.16. The molecule has 0 aromatic heterocycles. The minimum atomic E-state index is -0.161. The van der Waals surface area contributed by atoms with Crippen LogP contribution in [-0.4, -0.2) is 33.4 Å². The van der Waals surface area contributed by atoms with Gasteiger partial charge >= 0.3 is 0 Å². The molecule has 4 heteroatoms. The number of benzene rings is 1. The molecular formula is C15H23FN2O. The van der Waals surface area contributed by atoms with Crippen molar-refractivity contribution >= 4 is 5.69 Å². The molecule has 0 radical (unpaired) electrons. The lowest BCUT2D eigenvalue weighted by molar-refractivity contribution is 0.0215. The molecule has 19 heavy (non-hydrogen) atoms. The van der Waals surface area contributed by atoms with Crippen molar-refractivity contribution in [2.75, 3.05) is 32.1 Å². The Morgan fingerprint density at radius 2 is 2.26 bits per heavy atom. The molecule has 1 aromatic rings. The van der Waals surface area contributed by atoms with Gasteiger partial charge in [0, 0.05) is 26.7 Å². The van der Waals surface area contributed by atoms with Gasteiger partial charge in [0.15, 0.2) is 0 Å². The molecule has 2 rings (SSSR count). The van der Waals surface area contributed by atoms with Crippen molar-refractivity contribution in [1.82, 2.24) is 5.32 Å². The Labute approximate surface area is 114 Å². The molecule has 3 nitrogen and oxygen atoms in total. The standard InChI is InChI=1S/C15H23FN2O/c1-17-10-12-6-7-15(14(16)9-12)18(2)11-13-5-3-4-8-19-13/h6-7,9,13,17H,3-5,8,10-11H2,1-2H3. The lowest BCUT2D eigenvalue weighted by atomic mass is 10.1. The predicted molar refractivity (Wildman–Crippen MR) is 76.0 cm³/mol. The molecule has 0 amide bonds. The van der Waals surface area contributed by atoms with Crippen LogP contribution in [0, 0.1) is 5.82 Å². The zero-order valence-electron chi connectivity index (χ0n) is 11.8. The molecule has 1 aliphatic heterocycles. The van der Waals surface area contributed by atoms with Gasteiger partial charge in [0.1, 0.15) is 5.82 Å². The highest BCUT2D eigenvalue weighted by atomic mass is 19.1. The molecule has 1 aromatic carbocycles. The number of hydrogen-bond acceptors (Lipinski definition) is 3. The van der Waals surface area contributed by atoms with E-state index < -0.39 is 0 Å². The largest absolute Gasteiger partial charge is 0.376 e. The van der Waals surface area contributed by atoms with Gasteiger partial charge < -0.3 is 15.0 Å². The van der Waals surface area contributed by atoms with Crippen molar-refractivity contribution in [3.63, 3.8) is 0 Å². The normalized spacial score (nSPS) is 19.4. The summed E-state index contributed by atoms with van der Waals surface area (Å²) in [7, 11) is 3.78. The highest BCUT2D eigenvalue weighted by molar-refractivity contribution is 5.48. The smallest absolute Gasteiger partial charge is 0.146 e. The van der Waals surface area contributed by atoms with Crippen molar-refractivity contribution in [3.8, 4) is 0 Å². The molecule has 0 aliphatic carbocycles. The topological polar surface area (TPSA) is 24.5 Å². The Bertz CT molecular complexity index is 405. The van der Waals surface area contributed by atoms with Crippen molar-refractivity contribution in [1.29, 1.82) is 0 Å². The summed E-state index contributed by atoms with van der Waals surface area (Å²) in [6.07, 6.45) is 3.66. The number of nitrogens with one attached hydrogen (secondary N) is 1. The van der Waals surface area contributed by atoms with E-state index >= 15 is 0 Å². The summed E-state index contributed by atoms with van der Waals surface area (Å²) in [5.74, 6) is -0.161. The van der Waals surface area contributed by atoms with E-state index in [4.69, 9.17) is 4.74 Å². The first-order chi connectivity index (χ1) is 9.20. The SMILES string of the molecule is CNCc1ccc(N(C)CC2CCCCO2)c(F)c1. The molecule has 1 heterocycles. The van der Waals surface area contributed by atoms with Crippen LogP contribution in [0.25, 0.3) is 0 Å². The van der Waals surface area contributed by atoms with Gasteiger partial charge in [-0.3, -0.25) is 0 Å². The van der Waals surface area contributed by atoms with Gasteiger partial charge in [-0.25, -0.2) is 4.39 Å². The summed E-state index contributed by atoms with van der Waals surface area (Å²) in [5, 5.41) is 3.03. The molecular weight excluding hydrogens is 243 g/mol. The van der Waals surface area contributed by atoms with E-state index in [0.717, 1.165) is 31.6 Å². The molecule has 1 N–H and O–H groups in total. The summed E-state index contributed by atoms with van der Waals surface area (Å²) in [6, 6.07) is 5.42. The zero-order valence-corrected chi connectivity index (χ0v) is 11.8. The van der Waals surface area contributed by atoms with E-state index in [0.29, 0.717) is 12.2 Å². The first-order valence-corrected chi connectivity index (χ1v) is 6.96. The average Bonchev–Trinajstić information content (AvgIpc) is 2.40. The summed E-state index contributed by atoms with van der Waals surface area (Å²) >= 11 is 0. The lowest BCUT2D eigenvalue weighted by Gasteiger charge is -2.29. The van der Waals surface area contributed by atoms with Gasteiger partial charge in [-0.1, -0.05) is 6.07 Å². The fraction of sp³-hybridized carbons (Fsp3) is 0.600. The number of rotatable bonds is 5. The van der Waals surface area contributed by atoms with Crippen LogP contribution in [0.4, 0.5) is 10.1 Å². The molecule has 1 saturated heterocycles. The molecule has 0 spiro atoms. The second kappa shape index (κ2) is 6.87. The van der Waals surface area contributed by atoms with Crippen molar-refractivity contribution in [2.24, 2.45) is 0 Å². The van der Waals surface area contributed by atoms with Crippen molar-refractivity contribution in [3.05, 3.63) is 29.6 Å². The number of ether oxygens (including phenoxy) is 1. The highest BCUT2D eigenvalue weighted by Gasteiger charge is 2.17. The molecule has 1 unspecified atom stereocenters. The van der Waals surface area contributed by atoms with Crippen LogP contribution < -0.4 is 10.2 Å². The fourth-order valence-electron chi connectivity index (χ4n) is 2.53. The van der Waals surface area contributed by atoms with E-state index in [2.05, 4.69) is 5.32 Å². The highest BCUT2D eigenvalue weighted by Crippen LogP contribution is 2.22. The monoisotopic (exact) mass is 266 g/mol. The van der Waals surface area contributed by atoms with Gasteiger partial charge in [-0.15, -0.1) is 0 Å². The van der Waals surface area contributed by atoms with Crippen LogP contribution in [0.15, 0.2) is 18.2 Å². The Hall–Kier alpha value is -1.13. The summed E-state index contributed by atoms with van der Waals surface area (Å²) in [4.78, 5) is 1.95. The third-order valence-corrected chi connectivity index (χ3v) is 3.56. The molecule has 0 bridgehead atoms. The summed E-state index contributed by atoms with van der Waals surface area (Å²) in [5.41, 5.74) is 1.61.